The molecule has 4 aromatic rings. The number of fused-ring (bicyclic) bond motifs is 2. The Kier molecular flexibility index (Phi) is 19.4. The van der Waals surface area contributed by atoms with E-state index in [9.17, 15) is 19.8 Å². The number of aliphatic hydroxyl groups is 1. The molecule has 0 bridgehead atoms. The van der Waals surface area contributed by atoms with E-state index < -0.39 is 0 Å². The van der Waals surface area contributed by atoms with Gasteiger partial charge in [0, 0.05) is 13.1 Å². The van der Waals surface area contributed by atoms with Crippen LogP contribution in [0.3, 0.4) is 0 Å². The summed E-state index contributed by atoms with van der Waals surface area (Å²) >= 11 is 0. The monoisotopic (exact) mass is 893 g/mol. The normalized spacial score (nSPS) is 22.5. The van der Waals surface area contributed by atoms with Crippen molar-refractivity contribution in [2.24, 2.45) is 35.5 Å². The lowest BCUT2D eigenvalue weighted by Crippen LogP contribution is -2.36. The van der Waals surface area contributed by atoms with Crippen molar-refractivity contribution in [1.82, 2.24) is 9.80 Å². The van der Waals surface area contributed by atoms with Gasteiger partial charge < -0.3 is 24.4 Å². The van der Waals surface area contributed by atoms with E-state index in [2.05, 4.69) is 92.1 Å². The van der Waals surface area contributed by atoms with Gasteiger partial charge in [0.1, 0.15) is 11.5 Å². The van der Waals surface area contributed by atoms with Crippen molar-refractivity contribution in [1.29, 1.82) is 0 Å². The second kappa shape index (κ2) is 25.1. The van der Waals surface area contributed by atoms with Crippen molar-refractivity contribution in [2.45, 2.75) is 144 Å². The predicted octanol–water partition coefficient (Wildman–Crippen LogP) is 11.7. The molecule has 4 aromatic carbocycles. The van der Waals surface area contributed by atoms with E-state index >= 15 is 0 Å². The van der Waals surface area contributed by atoms with Gasteiger partial charge >= 0.3 is 11.9 Å². The summed E-state index contributed by atoms with van der Waals surface area (Å²) in [5, 5.41) is 23.4. The van der Waals surface area contributed by atoms with Gasteiger partial charge in [0.25, 0.3) is 0 Å². The SMILES string of the molecule is CC(C)C1CCC(O)CC1.CCOC(=O)C1CCN(Cc2ccc3cc(O)ccc3c2)CC1.CCOC(=O)C1CCN(Cc2ccc3cc(OC4CCC(C(C)C)CC4)ccc3c2)CC1. The summed E-state index contributed by atoms with van der Waals surface area (Å²) in [6.07, 6.45) is 13.4. The van der Waals surface area contributed by atoms with E-state index in [0.29, 0.717) is 25.1 Å². The van der Waals surface area contributed by atoms with Crippen LogP contribution in [-0.4, -0.2) is 83.6 Å². The largest absolute Gasteiger partial charge is 0.508 e. The van der Waals surface area contributed by atoms with Crippen LogP contribution in [-0.2, 0) is 32.2 Å². The molecule has 2 aliphatic carbocycles. The number of ether oxygens (including phenoxy) is 3. The highest BCUT2D eigenvalue weighted by molar-refractivity contribution is 5.85. The number of benzene rings is 4. The minimum absolute atomic E-state index is 0.00926. The number of aliphatic hydroxyl groups excluding tert-OH is 1. The molecule has 0 radical (unpaired) electrons. The molecule has 2 aliphatic heterocycles. The zero-order valence-electron chi connectivity index (χ0n) is 40.5. The first-order valence-corrected chi connectivity index (χ1v) is 25.2. The van der Waals surface area contributed by atoms with Crippen LogP contribution in [0.25, 0.3) is 21.5 Å². The summed E-state index contributed by atoms with van der Waals surface area (Å²) in [6, 6.07) is 25.1. The van der Waals surface area contributed by atoms with Crippen LogP contribution in [0.4, 0.5) is 0 Å². The number of esters is 2. The van der Waals surface area contributed by atoms with Crippen molar-refractivity contribution < 1.29 is 34.0 Å². The van der Waals surface area contributed by atoms with E-state index in [1.807, 2.05) is 19.9 Å². The zero-order valence-corrected chi connectivity index (χ0v) is 40.5. The Balaban J connectivity index is 0.000000184. The van der Waals surface area contributed by atoms with Crippen LogP contribution in [0.15, 0.2) is 72.8 Å². The average Bonchev–Trinajstić information content (AvgIpc) is 3.30. The van der Waals surface area contributed by atoms with E-state index in [0.717, 1.165) is 118 Å². The van der Waals surface area contributed by atoms with Crippen molar-refractivity contribution >= 4 is 33.5 Å². The van der Waals surface area contributed by atoms with Crippen LogP contribution < -0.4 is 4.74 Å². The minimum atomic E-state index is -0.0438. The molecule has 356 valence electrons. The average molecular weight is 893 g/mol. The van der Waals surface area contributed by atoms with Gasteiger partial charge in [0.2, 0.25) is 0 Å². The maximum absolute atomic E-state index is 12.0. The molecule has 0 aromatic heterocycles. The number of aromatic hydroxyl groups is 1. The quantitative estimate of drug-likeness (QED) is 0.134. The predicted molar refractivity (Wildman–Crippen MR) is 263 cm³/mol. The minimum Gasteiger partial charge on any atom is -0.508 e. The van der Waals surface area contributed by atoms with Gasteiger partial charge in [0.15, 0.2) is 0 Å². The molecule has 4 aliphatic rings. The van der Waals surface area contributed by atoms with Crippen LogP contribution in [0.5, 0.6) is 11.5 Å². The molecule has 4 fully saturated rings. The van der Waals surface area contributed by atoms with E-state index in [4.69, 9.17) is 14.2 Å². The van der Waals surface area contributed by atoms with Crippen molar-refractivity contribution in [2.75, 3.05) is 39.4 Å². The fraction of sp³-hybridized carbons (Fsp3) is 0.607. The molecule has 0 atom stereocenters. The third kappa shape index (κ3) is 15.4. The number of rotatable bonds is 12. The Labute approximate surface area is 390 Å². The standard InChI is InChI=1S/C28H39NO3.C19H23NO3.C9H18O/c1-4-31-28(30)23-13-15-29(16-14-23)19-21-5-6-25-18-27(12-9-24(25)17-21)32-26-10-7-22(8-11-26)20(2)3;1-2-23-19(22)15-7-9-20(10-8-15)13-14-3-4-17-12-18(21)6-5-16(17)11-14;1-7(2)8-3-5-9(10)6-4-8/h5-6,9,12,17-18,20,22-23,26H,4,7-8,10-11,13-16,19H2,1-3H3;3-6,11-12,15,21H,2,7-10,13H2,1H3;7-10H,3-6H2,1-2H3. The third-order valence-electron chi connectivity index (χ3n) is 14.6. The first-order valence-electron chi connectivity index (χ1n) is 25.2. The maximum atomic E-state index is 12.0. The highest BCUT2D eigenvalue weighted by Crippen LogP contribution is 2.34. The molecule has 9 heteroatoms. The molecule has 2 N–H and O–H groups in total. The summed E-state index contributed by atoms with van der Waals surface area (Å²) in [4.78, 5) is 28.6. The van der Waals surface area contributed by atoms with Crippen LogP contribution in [0.1, 0.15) is 130 Å². The molecule has 0 unspecified atom stereocenters. The van der Waals surface area contributed by atoms with E-state index in [1.54, 1.807) is 12.1 Å². The Morgan fingerprint density at radius 1 is 0.554 bits per heavy atom. The molecule has 2 saturated heterocycles. The molecule has 0 spiro atoms. The molecule has 8 rings (SSSR count). The third-order valence-corrected chi connectivity index (χ3v) is 14.6. The number of carbonyl (C=O) groups is 2. The maximum Gasteiger partial charge on any atom is 0.309 e. The number of hydrogen-bond acceptors (Lipinski definition) is 9. The first-order chi connectivity index (χ1) is 31.4. The Morgan fingerprint density at radius 2 is 0.969 bits per heavy atom. The second-order valence-corrected chi connectivity index (χ2v) is 20.0. The van der Waals surface area contributed by atoms with Gasteiger partial charge in [-0.05, 0) is 210 Å². The molecular formula is C56H80N2O7. The Morgan fingerprint density at radius 3 is 1.43 bits per heavy atom. The van der Waals surface area contributed by atoms with Crippen molar-refractivity contribution in [3.8, 4) is 11.5 Å². The number of likely N-dealkylation sites (tertiary alicyclic amines) is 2. The van der Waals surface area contributed by atoms with Crippen LogP contribution >= 0.6 is 0 Å². The Hall–Kier alpha value is -4.18. The number of phenols is 1. The van der Waals surface area contributed by atoms with E-state index in [1.165, 1.54) is 60.4 Å². The number of phenolic OH excluding ortho intramolecular Hbond substituents is 1. The summed E-state index contributed by atoms with van der Waals surface area (Å²) in [5.41, 5.74) is 2.59. The summed E-state index contributed by atoms with van der Waals surface area (Å²) in [6.45, 7) is 19.5. The molecule has 0 amide bonds. The topological polar surface area (TPSA) is 109 Å². The zero-order chi connectivity index (χ0) is 46.3. The molecule has 2 heterocycles. The first kappa shape index (κ1) is 50.2. The highest BCUT2D eigenvalue weighted by Gasteiger charge is 2.28. The molecular weight excluding hydrogens is 813 g/mol. The highest BCUT2D eigenvalue weighted by atomic mass is 16.5. The number of nitrogens with zero attached hydrogens (tertiary/aromatic N) is 2. The second-order valence-electron chi connectivity index (χ2n) is 20.0. The smallest absolute Gasteiger partial charge is 0.309 e. The van der Waals surface area contributed by atoms with Crippen LogP contribution in [0, 0.1) is 35.5 Å². The van der Waals surface area contributed by atoms with Gasteiger partial charge in [0.05, 0.1) is 37.3 Å². The summed E-state index contributed by atoms with van der Waals surface area (Å²) in [5.74, 6) is 4.70. The lowest BCUT2D eigenvalue weighted by molar-refractivity contribution is -0.150. The molecule has 65 heavy (non-hydrogen) atoms. The van der Waals surface area contributed by atoms with Gasteiger partial charge in [-0.25, -0.2) is 0 Å². The van der Waals surface area contributed by atoms with Crippen molar-refractivity contribution in [3.63, 3.8) is 0 Å². The van der Waals surface area contributed by atoms with Crippen LogP contribution in [0.2, 0.25) is 0 Å². The number of carbonyl (C=O) groups excluding carboxylic acids is 2. The lowest BCUT2D eigenvalue weighted by Gasteiger charge is -2.31. The van der Waals surface area contributed by atoms with Crippen molar-refractivity contribution in [3.05, 3.63) is 83.9 Å². The van der Waals surface area contributed by atoms with Gasteiger partial charge in [-0.2, -0.15) is 0 Å². The van der Waals surface area contributed by atoms with Gasteiger partial charge in [-0.15, -0.1) is 0 Å². The van der Waals surface area contributed by atoms with Gasteiger partial charge in [-0.1, -0.05) is 64.1 Å². The Bertz CT molecular complexity index is 2070. The fourth-order valence-corrected chi connectivity index (χ4v) is 10.3. The summed E-state index contributed by atoms with van der Waals surface area (Å²) in [7, 11) is 0. The molecule has 9 nitrogen and oxygen atoms in total. The number of hydrogen-bond donors (Lipinski definition) is 2. The van der Waals surface area contributed by atoms with E-state index in [-0.39, 0.29) is 29.9 Å². The molecule has 2 saturated carbocycles. The van der Waals surface area contributed by atoms with Gasteiger partial charge in [-0.3, -0.25) is 19.4 Å². The summed E-state index contributed by atoms with van der Waals surface area (Å²) < 4.78 is 16.6. The lowest BCUT2D eigenvalue weighted by atomic mass is 9.80. The number of piperidine rings is 2. The fourth-order valence-electron chi connectivity index (χ4n) is 10.3.